The summed E-state index contributed by atoms with van der Waals surface area (Å²) in [6.45, 7) is 1.73. The average Bonchev–Trinajstić information content (AvgIpc) is 2.99. The normalized spacial score (nSPS) is 11.6. The van der Waals surface area contributed by atoms with Gasteiger partial charge >= 0.3 is 0 Å². The van der Waals surface area contributed by atoms with Gasteiger partial charge in [0.15, 0.2) is 0 Å². The molecule has 2 N–H and O–H groups in total. The third kappa shape index (κ3) is 3.40. The summed E-state index contributed by atoms with van der Waals surface area (Å²) in [5.74, 6) is -1.02. The van der Waals surface area contributed by atoms with Crippen molar-refractivity contribution in [2.75, 3.05) is 24.2 Å². The van der Waals surface area contributed by atoms with Crippen molar-refractivity contribution < 1.29 is 27.1 Å². The number of amides is 1. The Kier molecular flexibility index (Phi) is 5.03. The summed E-state index contributed by atoms with van der Waals surface area (Å²) in [5, 5.41) is 13.3. The molecule has 0 fully saturated rings. The molecule has 0 spiro atoms. The highest BCUT2D eigenvalue weighted by atomic mass is 32.2. The van der Waals surface area contributed by atoms with Crippen LogP contribution < -0.4 is 9.62 Å². The van der Waals surface area contributed by atoms with Gasteiger partial charge in [-0.1, -0.05) is 0 Å². The van der Waals surface area contributed by atoms with Crippen molar-refractivity contribution in [2.24, 2.45) is 0 Å². The van der Waals surface area contributed by atoms with Gasteiger partial charge in [0, 0.05) is 30.6 Å². The third-order valence-electron chi connectivity index (χ3n) is 4.30. The number of phenolic OH excluding ortho intramolecular Hbond substituents is 1. The second kappa shape index (κ2) is 7.16. The number of fused-ring (bicyclic) bond motifs is 1. The van der Waals surface area contributed by atoms with Gasteiger partial charge in [0.25, 0.3) is 5.91 Å². The third-order valence-corrected chi connectivity index (χ3v) is 5.56. The Morgan fingerprint density at radius 1 is 1.25 bits per heavy atom. The Morgan fingerprint density at radius 3 is 2.43 bits per heavy atom. The first kappa shape index (κ1) is 19.7. The summed E-state index contributed by atoms with van der Waals surface area (Å²) >= 11 is 0. The van der Waals surface area contributed by atoms with Gasteiger partial charge < -0.3 is 14.8 Å². The van der Waals surface area contributed by atoms with Crippen LogP contribution in [0.2, 0.25) is 0 Å². The number of anilines is 1. The Hall–Kier alpha value is -3.07. The number of halogens is 1. The molecule has 0 radical (unpaired) electrons. The van der Waals surface area contributed by atoms with Crippen LogP contribution in [0, 0.1) is 5.82 Å². The Labute approximate surface area is 161 Å². The second-order valence-corrected chi connectivity index (χ2v) is 8.06. The van der Waals surface area contributed by atoms with E-state index < -0.39 is 21.7 Å². The lowest BCUT2D eigenvalue weighted by Crippen LogP contribution is -2.29. The van der Waals surface area contributed by atoms with E-state index in [1.807, 2.05) is 0 Å². The van der Waals surface area contributed by atoms with Crippen LogP contribution in [0.1, 0.15) is 17.3 Å². The molecular weight excluding hydrogens is 387 g/mol. The van der Waals surface area contributed by atoms with Crippen molar-refractivity contribution >= 4 is 32.6 Å². The molecule has 0 aliphatic rings. The van der Waals surface area contributed by atoms with Crippen molar-refractivity contribution in [2.45, 2.75) is 6.92 Å². The molecule has 0 unspecified atom stereocenters. The maximum atomic E-state index is 13.3. The number of sulfonamides is 1. The average molecular weight is 406 g/mol. The van der Waals surface area contributed by atoms with Crippen LogP contribution in [0.25, 0.3) is 22.3 Å². The van der Waals surface area contributed by atoms with Crippen molar-refractivity contribution in [1.82, 2.24) is 5.32 Å². The van der Waals surface area contributed by atoms with Crippen LogP contribution in [0.4, 0.5) is 10.1 Å². The fourth-order valence-electron chi connectivity index (χ4n) is 3.06. The van der Waals surface area contributed by atoms with Crippen molar-refractivity contribution in [1.29, 1.82) is 0 Å². The molecule has 28 heavy (non-hydrogen) atoms. The maximum Gasteiger partial charge on any atom is 0.255 e. The Morgan fingerprint density at radius 2 is 1.89 bits per heavy atom. The minimum Gasteiger partial charge on any atom is -0.506 e. The molecule has 148 valence electrons. The number of nitrogens with zero attached hydrogens (tertiary/aromatic N) is 1. The van der Waals surface area contributed by atoms with Gasteiger partial charge in [-0.15, -0.1) is 0 Å². The highest BCUT2D eigenvalue weighted by molar-refractivity contribution is 7.92. The molecule has 0 saturated heterocycles. The lowest BCUT2D eigenvalue weighted by atomic mass is 10.0. The van der Waals surface area contributed by atoms with Crippen molar-refractivity contribution in [3.05, 3.63) is 47.8 Å². The van der Waals surface area contributed by atoms with Gasteiger partial charge in [-0.25, -0.2) is 12.8 Å². The number of phenols is 1. The molecule has 1 aromatic heterocycles. The van der Waals surface area contributed by atoms with E-state index in [2.05, 4.69) is 5.32 Å². The van der Waals surface area contributed by atoms with Gasteiger partial charge in [-0.05, 0) is 37.3 Å². The number of carbonyl (C=O) groups is 1. The molecule has 3 rings (SSSR count). The van der Waals surface area contributed by atoms with Crippen molar-refractivity contribution in [3.8, 4) is 17.1 Å². The van der Waals surface area contributed by atoms with E-state index in [9.17, 15) is 22.7 Å². The number of benzene rings is 2. The van der Waals surface area contributed by atoms with E-state index in [1.54, 1.807) is 6.92 Å². The summed E-state index contributed by atoms with van der Waals surface area (Å²) in [6.07, 6.45) is 1.03. The van der Waals surface area contributed by atoms with E-state index in [1.165, 1.54) is 43.4 Å². The van der Waals surface area contributed by atoms with Crippen LogP contribution >= 0.6 is 0 Å². The number of carbonyl (C=O) groups excluding carboxylic acids is 1. The van der Waals surface area contributed by atoms with Crippen LogP contribution in [-0.2, 0) is 10.0 Å². The van der Waals surface area contributed by atoms with Crippen LogP contribution in [0.15, 0.2) is 40.8 Å². The van der Waals surface area contributed by atoms with Gasteiger partial charge in [-0.3, -0.25) is 9.10 Å². The zero-order valence-corrected chi connectivity index (χ0v) is 16.3. The summed E-state index contributed by atoms with van der Waals surface area (Å²) in [7, 11) is -2.18. The Balaban J connectivity index is 2.31. The van der Waals surface area contributed by atoms with Gasteiger partial charge in [-0.2, -0.15) is 0 Å². The zero-order valence-electron chi connectivity index (χ0n) is 15.5. The molecule has 9 heteroatoms. The molecule has 0 saturated carbocycles. The number of nitrogens with one attached hydrogen (secondary N) is 1. The van der Waals surface area contributed by atoms with Gasteiger partial charge in [0.1, 0.15) is 22.9 Å². The smallest absolute Gasteiger partial charge is 0.255 e. The molecule has 3 aromatic rings. The van der Waals surface area contributed by atoms with E-state index >= 15 is 0 Å². The Bertz CT molecular complexity index is 1150. The van der Waals surface area contributed by atoms with Gasteiger partial charge in [0.2, 0.25) is 10.0 Å². The lowest BCUT2D eigenvalue weighted by Gasteiger charge is -2.21. The van der Waals surface area contributed by atoms with Crippen LogP contribution in [0.5, 0.6) is 5.75 Å². The summed E-state index contributed by atoms with van der Waals surface area (Å²) in [5.41, 5.74) is 0.884. The van der Waals surface area contributed by atoms with Crippen molar-refractivity contribution in [3.63, 3.8) is 0 Å². The maximum absolute atomic E-state index is 13.3. The lowest BCUT2D eigenvalue weighted by molar-refractivity contribution is 0.0964. The van der Waals surface area contributed by atoms with Crippen LogP contribution in [-0.4, -0.2) is 39.3 Å². The van der Waals surface area contributed by atoms with E-state index in [0.717, 1.165) is 10.6 Å². The highest BCUT2D eigenvalue weighted by Crippen LogP contribution is 2.40. The van der Waals surface area contributed by atoms with E-state index in [0.29, 0.717) is 10.9 Å². The predicted molar refractivity (Wildman–Crippen MR) is 105 cm³/mol. The van der Waals surface area contributed by atoms with Gasteiger partial charge in [0.05, 0.1) is 17.5 Å². The summed E-state index contributed by atoms with van der Waals surface area (Å²) in [6, 6.07) is 8.07. The fourth-order valence-corrected chi connectivity index (χ4v) is 4.03. The minimum atomic E-state index is -3.63. The monoisotopic (exact) mass is 406 g/mol. The topological polar surface area (TPSA) is 99.8 Å². The fraction of sp³-hybridized carbons (Fsp3) is 0.211. The summed E-state index contributed by atoms with van der Waals surface area (Å²) in [4.78, 5) is 12.5. The minimum absolute atomic E-state index is 0.0420. The zero-order chi connectivity index (χ0) is 20.6. The first-order chi connectivity index (χ1) is 13.2. The molecule has 1 amide bonds. The second-order valence-electron chi connectivity index (χ2n) is 6.16. The molecule has 7 nitrogen and oxygen atoms in total. The predicted octanol–water partition coefficient (Wildman–Crippen LogP) is 3.09. The molecular formula is C19H19FN2O5S. The number of hydrogen-bond acceptors (Lipinski definition) is 5. The standard InChI is InChI=1S/C19H19FN2O5S/c1-4-22(28(3,25)26)14-10-16-13(9-15(14)23)17(19(24)21-2)18(27-16)11-5-7-12(20)8-6-11/h5-10,23H,4H2,1-3H3,(H,21,24). The first-order valence-corrected chi connectivity index (χ1v) is 10.3. The molecule has 0 aliphatic carbocycles. The summed E-state index contributed by atoms with van der Waals surface area (Å²) < 4.78 is 44.2. The van der Waals surface area contributed by atoms with E-state index in [4.69, 9.17) is 4.42 Å². The molecule has 0 atom stereocenters. The van der Waals surface area contributed by atoms with Crippen LogP contribution in [0.3, 0.4) is 0 Å². The number of hydrogen-bond donors (Lipinski definition) is 2. The number of furan rings is 1. The number of rotatable bonds is 5. The highest BCUT2D eigenvalue weighted by Gasteiger charge is 2.26. The molecule has 0 aliphatic heterocycles. The van der Waals surface area contributed by atoms with E-state index in [-0.39, 0.29) is 34.9 Å². The first-order valence-electron chi connectivity index (χ1n) is 8.42. The largest absolute Gasteiger partial charge is 0.506 e. The molecule has 0 bridgehead atoms. The molecule has 2 aromatic carbocycles. The number of aromatic hydroxyl groups is 1. The SMILES string of the molecule is CCN(c1cc2oc(-c3ccc(F)cc3)c(C(=O)NC)c2cc1O)S(C)(=O)=O. The quantitative estimate of drug-likeness (QED) is 0.678. The molecule has 1 heterocycles.